The summed E-state index contributed by atoms with van der Waals surface area (Å²) in [5.74, 6) is -2.79. The fourth-order valence-corrected chi connectivity index (χ4v) is 3.25. The van der Waals surface area contributed by atoms with E-state index in [4.69, 9.17) is 9.47 Å². The molecule has 118 valence electrons. The van der Waals surface area contributed by atoms with Crippen molar-refractivity contribution in [1.29, 1.82) is 0 Å². The Labute approximate surface area is 123 Å². The average Bonchev–Trinajstić information content (AvgIpc) is 2.88. The van der Waals surface area contributed by atoms with Gasteiger partial charge < -0.3 is 19.5 Å². The van der Waals surface area contributed by atoms with Crippen molar-refractivity contribution in [2.75, 3.05) is 26.9 Å². The van der Waals surface area contributed by atoms with Gasteiger partial charge in [0.1, 0.15) is 0 Å². The van der Waals surface area contributed by atoms with Gasteiger partial charge in [0.25, 0.3) is 0 Å². The molecular formula is C14H21NO6. The Morgan fingerprint density at radius 2 is 1.90 bits per heavy atom. The van der Waals surface area contributed by atoms with Crippen LogP contribution in [0, 0.1) is 17.8 Å². The number of esters is 1. The van der Waals surface area contributed by atoms with E-state index < -0.39 is 29.8 Å². The molecule has 1 heterocycles. The zero-order chi connectivity index (χ0) is 15.6. The highest BCUT2D eigenvalue weighted by Gasteiger charge is 2.45. The second-order valence-corrected chi connectivity index (χ2v) is 5.77. The number of methoxy groups -OCH3 is 1. The number of carbonyl (C=O) groups is 3. The molecule has 0 spiro atoms. The molecule has 0 aromatic heterocycles. The van der Waals surface area contributed by atoms with Crippen LogP contribution < -0.4 is 0 Å². The molecule has 2 fully saturated rings. The topological polar surface area (TPSA) is 93.1 Å². The van der Waals surface area contributed by atoms with Crippen LogP contribution in [0.15, 0.2) is 0 Å². The monoisotopic (exact) mass is 299 g/mol. The SMILES string of the molecule is COC(=O)C1COCCN1C(=O)[C@H]1CC(C)C[C@H]1C(=O)O. The minimum atomic E-state index is -0.944. The van der Waals surface area contributed by atoms with Gasteiger partial charge in [0, 0.05) is 6.54 Å². The minimum Gasteiger partial charge on any atom is -0.481 e. The van der Waals surface area contributed by atoms with E-state index >= 15 is 0 Å². The van der Waals surface area contributed by atoms with Crippen molar-refractivity contribution in [1.82, 2.24) is 4.90 Å². The van der Waals surface area contributed by atoms with Gasteiger partial charge in [0.2, 0.25) is 5.91 Å². The van der Waals surface area contributed by atoms with Gasteiger partial charge in [0.15, 0.2) is 6.04 Å². The van der Waals surface area contributed by atoms with Gasteiger partial charge in [-0.05, 0) is 18.8 Å². The van der Waals surface area contributed by atoms with E-state index in [2.05, 4.69) is 0 Å². The number of ether oxygens (including phenoxy) is 2. The van der Waals surface area contributed by atoms with E-state index in [0.717, 1.165) is 0 Å². The van der Waals surface area contributed by atoms with Gasteiger partial charge in [-0.2, -0.15) is 0 Å². The lowest BCUT2D eigenvalue weighted by Gasteiger charge is -2.36. The molecule has 1 aliphatic heterocycles. The Kier molecular flexibility index (Phi) is 4.82. The zero-order valence-electron chi connectivity index (χ0n) is 12.3. The van der Waals surface area contributed by atoms with Gasteiger partial charge in [-0.25, -0.2) is 4.79 Å². The summed E-state index contributed by atoms with van der Waals surface area (Å²) in [5.41, 5.74) is 0. The van der Waals surface area contributed by atoms with E-state index in [1.807, 2.05) is 6.92 Å². The van der Waals surface area contributed by atoms with Crippen molar-refractivity contribution < 1.29 is 29.0 Å². The molecule has 0 bridgehead atoms. The number of carboxylic acid groups (broad SMARTS) is 1. The third-order valence-corrected chi connectivity index (χ3v) is 4.32. The summed E-state index contributed by atoms with van der Waals surface area (Å²) in [7, 11) is 1.26. The smallest absolute Gasteiger partial charge is 0.331 e. The van der Waals surface area contributed by atoms with E-state index in [1.165, 1.54) is 12.0 Å². The maximum Gasteiger partial charge on any atom is 0.331 e. The highest BCUT2D eigenvalue weighted by Crippen LogP contribution is 2.38. The van der Waals surface area contributed by atoms with Crippen molar-refractivity contribution in [2.45, 2.75) is 25.8 Å². The fraction of sp³-hybridized carbons (Fsp3) is 0.786. The van der Waals surface area contributed by atoms with E-state index in [-0.39, 0.29) is 25.0 Å². The predicted octanol–water partition coefficient (Wildman–Crippen LogP) is 0.134. The quantitative estimate of drug-likeness (QED) is 0.745. The van der Waals surface area contributed by atoms with Crippen molar-refractivity contribution in [3.05, 3.63) is 0 Å². The molecule has 0 radical (unpaired) electrons. The number of hydrogen-bond donors (Lipinski definition) is 1. The van der Waals surface area contributed by atoms with Crippen molar-refractivity contribution in [3.8, 4) is 0 Å². The summed E-state index contributed by atoms with van der Waals surface area (Å²) >= 11 is 0. The summed E-state index contributed by atoms with van der Waals surface area (Å²) in [4.78, 5) is 37.2. The molecule has 4 atom stereocenters. The van der Waals surface area contributed by atoms with Gasteiger partial charge >= 0.3 is 11.9 Å². The molecule has 2 unspecified atom stereocenters. The first-order chi connectivity index (χ1) is 9.95. The largest absolute Gasteiger partial charge is 0.481 e. The third kappa shape index (κ3) is 3.18. The second kappa shape index (κ2) is 6.43. The van der Waals surface area contributed by atoms with Crippen molar-refractivity contribution in [3.63, 3.8) is 0 Å². The number of amides is 1. The first-order valence-corrected chi connectivity index (χ1v) is 7.14. The number of carboxylic acids is 1. The number of nitrogens with zero attached hydrogens (tertiary/aromatic N) is 1. The van der Waals surface area contributed by atoms with Crippen LogP contribution in [-0.4, -0.2) is 60.8 Å². The Morgan fingerprint density at radius 3 is 2.52 bits per heavy atom. The van der Waals surface area contributed by atoms with Gasteiger partial charge in [0.05, 0.1) is 32.2 Å². The van der Waals surface area contributed by atoms with Crippen LogP contribution in [0.1, 0.15) is 19.8 Å². The summed E-state index contributed by atoms with van der Waals surface area (Å²) in [6.45, 7) is 2.67. The molecule has 1 aliphatic carbocycles. The highest BCUT2D eigenvalue weighted by atomic mass is 16.5. The molecule has 1 saturated carbocycles. The Hall–Kier alpha value is -1.63. The van der Waals surface area contributed by atoms with Crippen LogP contribution in [0.25, 0.3) is 0 Å². The summed E-state index contributed by atoms with van der Waals surface area (Å²) in [6, 6.07) is -0.776. The summed E-state index contributed by atoms with van der Waals surface area (Å²) in [5, 5.41) is 9.28. The number of hydrogen-bond acceptors (Lipinski definition) is 5. The Morgan fingerprint density at radius 1 is 1.24 bits per heavy atom. The maximum absolute atomic E-state index is 12.7. The van der Waals surface area contributed by atoms with Gasteiger partial charge in [-0.1, -0.05) is 6.92 Å². The van der Waals surface area contributed by atoms with Crippen LogP contribution >= 0.6 is 0 Å². The Bertz CT molecular complexity index is 437. The van der Waals surface area contributed by atoms with Crippen LogP contribution in [0.4, 0.5) is 0 Å². The highest BCUT2D eigenvalue weighted by molar-refractivity contribution is 5.89. The molecule has 1 N–H and O–H groups in total. The van der Waals surface area contributed by atoms with Crippen LogP contribution in [0.3, 0.4) is 0 Å². The second-order valence-electron chi connectivity index (χ2n) is 5.77. The number of aliphatic carboxylic acids is 1. The predicted molar refractivity (Wildman–Crippen MR) is 71.3 cm³/mol. The molecule has 0 aromatic carbocycles. The van der Waals surface area contributed by atoms with Gasteiger partial charge in [-0.3, -0.25) is 9.59 Å². The Balaban J connectivity index is 2.16. The van der Waals surface area contributed by atoms with Crippen LogP contribution in [0.5, 0.6) is 0 Å². The van der Waals surface area contributed by atoms with Crippen molar-refractivity contribution in [2.24, 2.45) is 17.8 Å². The van der Waals surface area contributed by atoms with Crippen LogP contribution in [0.2, 0.25) is 0 Å². The minimum absolute atomic E-state index is 0.0957. The number of rotatable bonds is 3. The average molecular weight is 299 g/mol. The zero-order valence-corrected chi connectivity index (χ0v) is 12.3. The summed E-state index contributed by atoms with van der Waals surface area (Å²) in [6.07, 6.45) is 1.04. The molecule has 2 aliphatic rings. The first kappa shape index (κ1) is 15.8. The number of morpholine rings is 1. The van der Waals surface area contributed by atoms with Crippen LogP contribution in [-0.2, 0) is 23.9 Å². The number of carbonyl (C=O) groups excluding carboxylic acids is 2. The fourth-order valence-electron chi connectivity index (χ4n) is 3.25. The van der Waals surface area contributed by atoms with Gasteiger partial charge in [-0.15, -0.1) is 0 Å². The molecule has 2 rings (SSSR count). The third-order valence-electron chi connectivity index (χ3n) is 4.32. The molecule has 0 aromatic rings. The molecule has 1 amide bonds. The van der Waals surface area contributed by atoms with E-state index in [0.29, 0.717) is 19.4 Å². The molecule has 1 saturated heterocycles. The molecule has 7 nitrogen and oxygen atoms in total. The van der Waals surface area contributed by atoms with Crippen molar-refractivity contribution >= 4 is 17.8 Å². The normalized spacial score (nSPS) is 32.8. The molecule has 7 heteroatoms. The lowest BCUT2D eigenvalue weighted by atomic mass is 9.94. The lowest BCUT2D eigenvalue weighted by molar-refractivity contribution is -0.164. The lowest BCUT2D eigenvalue weighted by Crippen LogP contribution is -2.55. The van der Waals surface area contributed by atoms with E-state index in [1.54, 1.807) is 0 Å². The first-order valence-electron chi connectivity index (χ1n) is 7.14. The molecular weight excluding hydrogens is 278 g/mol. The molecule has 21 heavy (non-hydrogen) atoms. The standard InChI is InChI=1S/C14H21NO6/c1-8-5-9(10(6-8)13(17)18)12(16)15-3-4-21-7-11(15)14(19)20-2/h8-11H,3-7H2,1-2H3,(H,17,18)/t8?,9-,10+,11?/m0/s1. The summed E-state index contributed by atoms with van der Waals surface area (Å²) < 4.78 is 9.93. The maximum atomic E-state index is 12.7. The van der Waals surface area contributed by atoms with E-state index in [9.17, 15) is 19.5 Å².